The number of ether oxygens (including phenoxy) is 2. The second-order valence-electron chi connectivity index (χ2n) is 10.1. The minimum Gasteiger partial charge on any atom is -0.461 e. The third-order valence-corrected chi connectivity index (χ3v) is 11.1. The van der Waals surface area contributed by atoms with Gasteiger partial charge in [-0.3, -0.25) is 19.3 Å². The number of carbonyl (C=O) groups is 3. The SMILES string of the molecule is C=CCOC(=O)[C@H]1[C@H]2C(=O)N(CCCCO)C(C(=O)N(CC=C)CCN3CCOCC3)C23CC(Br)[C@@H]1S3. The summed E-state index contributed by atoms with van der Waals surface area (Å²) >= 11 is 5.37. The maximum atomic E-state index is 14.3. The van der Waals surface area contributed by atoms with Crippen molar-refractivity contribution in [2.24, 2.45) is 11.8 Å². The molecule has 0 aliphatic carbocycles. The van der Waals surface area contributed by atoms with Gasteiger partial charge in [0.25, 0.3) is 0 Å². The van der Waals surface area contributed by atoms with E-state index in [-0.39, 0.29) is 35.1 Å². The number of amides is 2. The number of unbranched alkanes of at least 4 members (excludes halogenated alkanes) is 1. The molecule has 2 bridgehead atoms. The zero-order valence-corrected chi connectivity index (χ0v) is 23.7. The molecular weight excluding hydrogens is 562 g/mol. The van der Waals surface area contributed by atoms with Crippen LogP contribution in [-0.2, 0) is 23.9 Å². The number of nitrogens with zero attached hydrogens (tertiary/aromatic N) is 3. The molecule has 0 saturated carbocycles. The highest BCUT2D eigenvalue weighted by Crippen LogP contribution is 2.68. The van der Waals surface area contributed by atoms with Crippen LogP contribution < -0.4 is 0 Å². The van der Waals surface area contributed by atoms with Crippen molar-refractivity contribution < 1.29 is 29.0 Å². The summed E-state index contributed by atoms with van der Waals surface area (Å²) in [6, 6.07) is -0.680. The van der Waals surface area contributed by atoms with Gasteiger partial charge in [0.2, 0.25) is 11.8 Å². The average Bonchev–Trinajstić information content (AvgIpc) is 3.49. The van der Waals surface area contributed by atoms with Crippen LogP contribution in [-0.4, -0.2) is 124 Å². The number of esters is 1. The van der Waals surface area contributed by atoms with Gasteiger partial charge in [0.1, 0.15) is 12.6 Å². The van der Waals surface area contributed by atoms with E-state index < -0.39 is 28.6 Å². The van der Waals surface area contributed by atoms with E-state index in [1.54, 1.807) is 27.6 Å². The Labute approximate surface area is 231 Å². The summed E-state index contributed by atoms with van der Waals surface area (Å²) < 4.78 is 10.2. The van der Waals surface area contributed by atoms with E-state index in [4.69, 9.17) is 9.47 Å². The van der Waals surface area contributed by atoms with Crippen LogP contribution in [0.5, 0.6) is 0 Å². The van der Waals surface area contributed by atoms with E-state index in [1.807, 2.05) is 0 Å². The van der Waals surface area contributed by atoms with Crippen LogP contribution in [0.4, 0.5) is 0 Å². The van der Waals surface area contributed by atoms with Crippen molar-refractivity contribution in [3.8, 4) is 0 Å². The third-order valence-electron chi connectivity index (χ3n) is 7.90. The Kier molecular flexibility index (Phi) is 9.77. The molecule has 4 rings (SSSR count). The number of aliphatic hydroxyl groups excluding tert-OH is 1. The summed E-state index contributed by atoms with van der Waals surface area (Å²) in [5.41, 5.74) is 0. The third kappa shape index (κ3) is 5.52. The lowest BCUT2D eigenvalue weighted by molar-refractivity contribution is -0.153. The van der Waals surface area contributed by atoms with Crippen molar-refractivity contribution >= 4 is 45.5 Å². The normalized spacial score (nSPS) is 32.9. The zero-order valence-electron chi connectivity index (χ0n) is 21.3. The Balaban J connectivity index is 1.63. The molecule has 0 aromatic heterocycles. The summed E-state index contributed by atoms with van der Waals surface area (Å²) in [4.78, 5) is 47.2. The molecular formula is C26H38BrN3O6S. The van der Waals surface area contributed by atoms with Crippen LogP contribution in [0.2, 0.25) is 0 Å². The van der Waals surface area contributed by atoms with Crippen molar-refractivity contribution in [2.75, 3.05) is 65.7 Å². The lowest BCUT2D eigenvalue weighted by Crippen LogP contribution is -2.56. The molecule has 11 heteroatoms. The fourth-order valence-electron chi connectivity index (χ4n) is 6.26. The number of likely N-dealkylation sites (tertiary alicyclic amines) is 1. The van der Waals surface area contributed by atoms with Gasteiger partial charge < -0.3 is 24.4 Å². The number of aliphatic hydroxyl groups is 1. The molecule has 4 aliphatic heterocycles. The van der Waals surface area contributed by atoms with Gasteiger partial charge in [-0.1, -0.05) is 34.7 Å². The molecule has 0 radical (unpaired) electrons. The quantitative estimate of drug-likeness (QED) is 0.146. The van der Waals surface area contributed by atoms with Crippen molar-refractivity contribution in [1.29, 1.82) is 0 Å². The lowest BCUT2D eigenvalue weighted by Gasteiger charge is -2.38. The van der Waals surface area contributed by atoms with Crippen LogP contribution in [0.15, 0.2) is 25.3 Å². The fourth-order valence-corrected chi connectivity index (χ4v) is 9.85. The maximum Gasteiger partial charge on any atom is 0.311 e. The Morgan fingerprint density at radius 2 is 2.00 bits per heavy atom. The van der Waals surface area contributed by atoms with Gasteiger partial charge >= 0.3 is 5.97 Å². The van der Waals surface area contributed by atoms with Gasteiger partial charge in [0.05, 0.1) is 29.8 Å². The van der Waals surface area contributed by atoms with Gasteiger partial charge in [-0.2, -0.15) is 0 Å². The van der Waals surface area contributed by atoms with E-state index >= 15 is 0 Å². The van der Waals surface area contributed by atoms with E-state index in [2.05, 4.69) is 34.0 Å². The standard InChI is InChI=1S/C26H38BrN3O6S/c1-3-7-29(10-9-28-11-15-35-16-12-28)24(33)22-26-17-18(27)21(37-26)19(25(34)36-14-4-2)20(26)23(32)30(22)8-5-6-13-31/h3-4,18-22,31H,1-2,5-17H2/t18?,19-,20-,21-,22?,26?/m0/s1. The summed E-state index contributed by atoms with van der Waals surface area (Å²) in [5, 5.41) is 9.21. The van der Waals surface area contributed by atoms with E-state index in [0.717, 1.165) is 19.6 Å². The predicted molar refractivity (Wildman–Crippen MR) is 145 cm³/mol. The molecule has 9 nitrogen and oxygen atoms in total. The molecule has 1 spiro atoms. The molecule has 0 aromatic rings. The van der Waals surface area contributed by atoms with E-state index in [1.165, 1.54) is 6.08 Å². The van der Waals surface area contributed by atoms with Crippen molar-refractivity contribution in [3.05, 3.63) is 25.3 Å². The Morgan fingerprint density at radius 1 is 1.24 bits per heavy atom. The lowest BCUT2D eigenvalue weighted by atomic mass is 9.71. The number of rotatable bonds is 13. The topological polar surface area (TPSA) is 99.6 Å². The molecule has 1 N–H and O–H groups in total. The van der Waals surface area contributed by atoms with Gasteiger partial charge in [0.15, 0.2) is 0 Å². The molecule has 37 heavy (non-hydrogen) atoms. The molecule has 4 aliphatic rings. The summed E-state index contributed by atoms with van der Waals surface area (Å²) in [6.45, 7) is 12.6. The first-order valence-corrected chi connectivity index (χ1v) is 14.9. The van der Waals surface area contributed by atoms with Gasteiger partial charge in [-0.15, -0.1) is 18.3 Å². The Morgan fingerprint density at radius 3 is 2.68 bits per heavy atom. The minimum atomic E-state index is -0.706. The smallest absolute Gasteiger partial charge is 0.311 e. The van der Waals surface area contributed by atoms with Gasteiger partial charge in [-0.05, 0) is 19.3 Å². The second kappa shape index (κ2) is 12.6. The zero-order chi connectivity index (χ0) is 26.6. The molecule has 4 fully saturated rings. The Bertz CT molecular complexity index is 886. The summed E-state index contributed by atoms with van der Waals surface area (Å²) in [6.07, 6.45) is 4.99. The number of hydrogen-bond donors (Lipinski definition) is 1. The highest BCUT2D eigenvalue weighted by atomic mass is 79.9. The van der Waals surface area contributed by atoms with Crippen LogP contribution in [0, 0.1) is 11.8 Å². The highest BCUT2D eigenvalue weighted by Gasteiger charge is 2.76. The van der Waals surface area contributed by atoms with Crippen LogP contribution >= 0.6 is 27.7 Å². The largest absolute Gasteiger partial charge is 0.461 e. The van der Waals surface area contributed by atoms with Gasteiger partial charge in [0, 0.05) is 56.0 Å². The first-order chi connectivity index (χ1) is 17.9. The molecule has 206 valence electrons. The fraction of sp³-hybridized carbons (Fsp3) is 0.731. The Hall–Kier alpha value is -1.40. The molecule has 4 heterocycles. The van der Waals surface area contributed by atoms with Crippen molar-refractivity contribution in [1.82, 2.24) is 14.7 Å². The minimum absolute atomic E-state index is 0.00303. The monoisotopic (exact) mass is 599 g/mol. The number of thioether (sulfide) groups is 1. The predicted octanol–water partition coefficient (Wildman–Crippen LogP) is 1.30. The summed E-state index contributed by atoms with van der Waals surface area (Å²) in [5.74, 6) is -1.88. The molecule has 0 aromatic carbocycles. The summed E-state index contributed by atoms with van der Waals surface area (Å²) in [7, 11) is 0. The number of hydrogen-bond acceptors (Lipinski definition) is 8. The van der Waals surface area contributed by atoms with Crippen molar-refractivity contribution in [3.63, 3.8) is 0 Å². The van der Waals surface area contributed by atoms with Crippen LogP contribution in [0.1, 0.15) is 19.3 Å². The number of carbonyl (C=O) groups excluding carboxylic acids is 3. The number of alkyl halides is 1. The molecule has 4 saturated heterocycles. The molecule has 6 atom stereocenters. The highest BCUT2D eigenvalue weighted by molar-refractivity contribution is 9.09. The average molecular weight is 601 g/mol. The van der Waals surface area contributed by atoms with Crippen LogP contribution in [0.25, 0.3) is 0 Å². The number of halogens is 1. The second-order valence-corrected chi connectivity index (χ2v) is 12.8. The number of morpholine rings is 1. The maximum absolute atomic E-state index is 14.3. The number of fused-ring (bicyclic) bond motifs is 1. The molecule has 2 amide bonds. The van der Waals surface area contributed by atoms with E-state index in [0.29, 0.717) is 52.1 Å². The first kappa shape index (κ1) is 28.6. The van der Waals surface area contributed by atoms with Crippen LogP contribution in [0.3, 0.4) is 0 Å². The molecule has 3 unspecified atom stereocenters. The van der Waals surface area contributed by atoms with Gasteiger partial charge in [-0.25, -0.2) is 0 Å². The first-order valence-electron chi connectivity index (χ1n) is 13.1. The van der Waals surface area contributed by atoms with E-state index in [9.17, 15) is 19.5 Å². The van der Waals surface area contributed by atoms with Crippen molar-refractivity contribution in [2.45, 2.75) is 40.1 Å².